The second-order valence-electron chi connectivity index (χ2n) is 6.15. The van der Waals surface area contributed by atoms with E-state index in [4.69, 9.17) is 9.15 Å². The molecule has 6 nitrogen and oxygen atoms in total. The molecule has 1 aromatic heterocycles. The lowest BCUT2D eigenvalue weighted by molar-refractivity contribution is -0.123. The summed E-state index contributed by atoms with van der Waals surface area (Å²) < 4.78 is 10.4. The number of para-hydroxylation sites is 1. The minimum Gasteiger partial charge on any atom is -0.484 e. The lowest BCUT2D eigenvalue weighted by atomic mass is 9.96. The first-order valence-electron chi connectivity index (χ1n) is 8.48. The zero-order valence-corrected chi connectivity index (χ0v) is 14.0. The minimum atomic E-state index is -0.124. The van der Waals surface area contributed by atoms with Crippen LogP contribution in [0.3, 0.4) is 0 Å². The van der Waals surface area contributed by atoms with E-state index in [-0.39, 0.29) is 18.4 Å². The van der Waals surface area contributed by atoms with Crippen molar-refractivity contribution in [1.29, 1.82) is 0 Å². The number of furan rings is 1. The topological polar surface area (TPSA) is 71.8 Å². The molecule has 1 N–H and O–H groups in total. The summed E-state index contributed by atoms with van der Waals surface area (Å²) in [4.78, 5) is 25.9. The summed E-state index contributed by atoms with van der Waals surface area (Å²) in [5, 5.41) is 2.91. The SMILES string of the molecule is O=C(COc1ccccc1)NCC1CCN(C(=O)c2ccoc2)CC1. The van der Waals surface area contributed by atoms with Crippen LogP contribution in [0.2, 0.25) is 0 Å². The Morgan fingerprint density at radius 1 is 1.16 bits per heavy atom. The molecule has 0 saturated carbocycles. The fourth-order valence-corrected chi connectivity index (χ4v) is 2.88. The van der Waals surface area contributed by atoms with Crippen molar-refractivity contribution in [3.63, 3.8) is 0 Å². The fraction of sp³-hybridized carbons (Fsp3) is 0.368. The largest absolute Gasteiger partial charge is 0.484 e. The van der Waals surface area contributed by atoms with Crippen molar-refractivity contribution in [2.45, 2.75) is 12.8 Å². The van der Waals surface area contributed by atoms with E-state index in [0.29, 0.717) is 36.9 Å². The van der Waals surface area contributed by atoms with Gasteiger partial charge in [-0.25, -0.2) is 0 Å². The number of carbonyl (C=O) groups is 2. The van der Waals surface area contributed by atoms with Crippen LogP contribution in [0.1, 0.15) is 23.2 Å². The molecule has 0 atom stereocenters. The van der Waals surface area contributed by atoms with E-state index in [2.05, 4.69) is 5.32 Å². The molecule has 0 radical (unpaired) electrons. The molecule has 25 heavy (non-hydrogen) atoms. The van der Waals surface area contributed by atoms with Crippen molar-refractivity contribution in [1.82, 2.24) is 10.2 Å². The summed E-state index contributed by atoms with van der Waals surface area (Å²) in [6, 6.07) is 11.0. The molecule has 1 aliphatic heterocycles. The number of amides is 2. The number of hydrogen-bond donors (Lipinski definition) is 1. The number of ether oxygens (including phenoxy) is 1. The van der Waals surface area contributed by atoms with Gasteiger partial charge in [0.05, 0.1) is 11.8 Å². The summed E-state index contributed by atoms with van der Waals surface area (Å²) in [6.07, 6.45) is 4.74. The van der Waals surface area contributed by atoms with E-state index >= 15 is 0 Å². The quantitative estimate of drug-likeness (QED) is 0.874. The van der Waals surface area contributed by atoms with Crippen molar-refractivity contribution in [3.8, 4) is 5.75 Å². The highest BCUT2D eigenvalue weighted by atomic mass is 16.5. The highest BCUT2D eigenvalue weighted by molar-refractivity contribution is 5.93. The molecule has 2 aromatic rings. The normalized spacial score (nSPS) is 15.0. The van der Waals surface area contributed by atoms with Gasteiger partial charge >= 0.3 is 0 Å². The van der Waals surface area contributed by atoms with E-state index in [1.807, 2.05) is 35.2 Å². The standard InChI is InChI=1S/C19H22N2O4/c22-18(14-25-17-4-2-1-3-5-17)20-12-15-6-9-21(10-7-15)19(23)16-8-11-24-13-16/h1-5,8,11,13,15H,6-7,9-10,12,14H2,(H,20,22). The number of hydrogen-bond acceptors (Lipinski definition) is 4. The van der Waals surface area contributed by atoms with Gasteiger partial charge in [0, 0.05) is 19.6 Å². The summed E-state index contributed by atoms with van der Waals surface area (Å²) in [5.41, 5.74) is 0.588. The van der Waals surface area contributed by atoms with Crippen LogP contribution in [0.15, 0.2) is 53.3 Å². The molecule has 2 heterocycles. The van der Waals surface area contributed by atoms with Crippen molar-refractivity contribution in [3.05, 3.63) is 54.5 Å². The second kappa shape index (κ2) is 8.37. The molecule has 2 amide bonds. The third-order valence-electron chi connectivity index (χ3n) is 4.37. The molecule has 0 aliphatic carbocycles. The van der Waals surface area contributed by atoms with E-state index in [1.54, 1.807) is 6.07 Å². The Bertz CT molecular complexity index is 677. The Labute approximate surface area is 146 Å². The number of likely N-dealkylation sites (tertiary alicyclic amines) is 1. The highest BCUT2D eigenvalue weighted by Gasteiger charge is 2.24. The fourth-order valence-electron chi connectivity index (χ4n) is 2.88. The van der Waals surface area contributed by atoms with Crippen molar-refractivity contribution < 1.29 is 18.7 Å². The van der Waals surface area contributed by atoms with E-state index < -0.39 is 0 Å². The number of piperidine rings is 1. The lowest BCUT2D eigenvalue weighted by Gasteiger charge is -2.31. The zero-order valence-electron chi connectivity index (χ0n) is 14.0. The molecule has 1 aromatic carbocycles. The zero-order chi connectivity index (χ0) is 17.5. The van der Waals surface area contributed by atoms with E-state index in [0.717, 1.165) is 12.8 Å². The first kappa shape index (κ1) is 17.1. The van der Waals surface area contributed by atoms with Gasteiger partial charge in [0.2, 0.25) is 0 Å². The summed E-state index contributed by atoms with van der Waals surface area (Å²) >= 11 is 0. The average molecular weight is 342 g/mol. The molecule has 3 rings (SSSR count). The van der Waals surface area contributed by atoms with Gasteiger partial charge in [0.25, 0.3) is 11.8 Å². The van der Waals surface area contributed by atoms with Gasteiger partial charge in [-0.2, -0.15) is 0 Å². The number of benzene rings is 1. The third kappa shape index (κ3) is 4.86. The maximum absolute atomic E-state index is 12.2. The predicted molar refractivity (Wildman–Crippen MR) is 92.3 cm³/mol. The Morgan fingerprint density at radius 2 is 1.92 bits per heavy atom. The van der Waals surface area contributed by atoms with Gasteiger partial charge in [-0.3, -0.25) is 9.59 Å². The van der Waals surface area contributed by atoms with Crippen LogP contribution in [-0.2, 0) is 4.79 Å². The molecule has 0 bridgehead atoms. The van der Waals surface area contributed by atoms with Gasteiger partial charge in [0.1, 0.15) is 12.0 Å². The van der Waals surface area contributed by atoms with Crippen molar-refractivity contribution >= 4 is 11.8 Å². The molecule has 0 spiro atoms. The summed E-state index contributed by atoms with van der Waals surface area (Å²) in [6.45, 7) is 2.03. The van der Waals surface area contributed by atoms with Crippen LogP contribution < -0.4 is 10.1 Å². The average Bonchev–Trinajstić information content (AvgIpc) is 3.20. The highest BCUT2D eigenvalue weighted by Crippen LogP contribution is 2.18. The van der Waals surface area contributed by atoms with Gasteiger partial charge in [-0.05, 0) is 37.0 Å². The molecule has 1 aliphatic rings. The van der Waals surface area contributed by atoms with E-state index in [1.165, 1.54) is 12.5 Å². The monoisotopic (exact) mass is 342 g/mol. The molecule has 0 unspecified atom stereocenters. The molecule has 1 saturated heterocycles. The molecule has 132 valence electrons. The molecular weight excluding hydrogens is 320 g/mol. The Morgan fingerprint density at radius 3 is 2.60 bits per heavy atom. The second-order valence-corrected chi connectivity index (χ2v) is 6.15. The van der Waals surface area contributed by atoms with E-state index in [9.17, 15) is 9.59 Å². The minimum absolute atomic E-state index is 0.00694. The van der Waals surface area contributed by atoms with Crippen molar-refractivity contribution in [2.75, 3.05) is 26.2 Å². The van der Waals surface area contributed by atoms with Crippen molar-refractivity contribution in [2.24, 2.45) is 5.92 Å². The number of nitrogens with one attached hydrogen (secondary N) is 1. The number of nitrogens with zero attached hydrogens (tertiary/aromatic N) is 1. The summed E-state index contributed by atoms with van der Waals surface area (Å²) in [7, 11) is 0. The summed E-state index contributed by atoms with van der Waals surface area (Å²) in [5.74, 6) is 0.950. The first-order chi connectivity index (χ1) is 12.2. The van der Waals surface area contributed by atoms with Gasteiger partial charge in [-0.1, -0.05) is 18.2 Å². The van der Waals surface area contributed by atoms with Gasteiger partial charge < -0.3 is 19.4 Å². The number of carbonyl (C=O) groups excluding carboxylic acids is 2. The predicted octanol–water partition coefficient (Wildman–Crippen LogP) is 2.33. The molecule has 1 fully saturated rings. The third-order valence-corrected chi connectivity index (χ3v) is 4.37. The van der Waals surface area contributed by atoms with Crippen LogP contribution in [0.5, 0.6) is 5.75 Å². The Hall–Kier alpha value is -2.76. The Balaban J connectivity index is 1.35. The van der Waals surface area contributed by atoms with Crippen LogP contribution >= 0.6 is 0 Å². The van der Waals surface area contributed by atoms with Gasteiger partial charge in [-0.15, -0.1) is 0 Å². The maximum Gasteiger partial charge on any atom is 0.257 e. The maximum atomic E-state index is 12.2. The van der Waals surface area contributed by atoms with Crippen LogP contribution in [-0.4, -0.2) is 43.0 Å². The molecule has 6 heteroatoms. The van der Waals surface area contributed by atoms with Crippen LogP contribution in [0.25, 0.3) is 0 Å². The smallest absolute Gasteiger partial charge is 0.257 e. The van der Waals surface area contributed by atoms with Crippen LogP contribution in [0, 0.1) is 5.92 Å². The lowest BCUT2D eigenvalue weighted by Crippen LogP contribution is -2.42. The van der Waals surface area contributed by atoms with Crippen LogP contribution in [0.4, 0.5) is 0 Å². The molecular formula is C19H22N2O4. The Kier molecular flexibility index (Phi) is 5.72. The van der Waals surface area contributed by atoms with Gasteiger partial charge in [0.15, 0.2) is 6.61 Å². The first-order valence-corrected chi connectivity index (χ1v) is 8.48. The number of rotatable bonds is 6.